The number of aryl methyl sites for hydroxylation is 1. The Morgan fingerprint density at radius 1 is 1.11 bits per heavy atom. The highest BCUT2D eigenvalue weighted by Gasteiger charge is 2.12. The van der Waals surface area contributed by atoms with Crippen molar-refractivity contribution in [1.29, 1.82) is 0 Å². The molecule has 0 atom stereocenters. The van der Waals surface area contributed by atoms with Crippen molar-refractivity contribution in [3.63, 3.8) is 0 Å². The van der Waals surface area contributed by atoms with Crippen LogP contribution in [0.3, 0.4) is 0 Å². The van der Waals surface area contributed by atoms with Crippen molar-refractivity contribution in [2.75, 3.05) is 5.32 Å². The number of hydrogen-bond donors (Lipinski definition) is 1. The predicted octanol–water partition coefficient (Wildman–Crippen LogP) is 2.52. The average molecular weight is 377 g/mol. The van der Waals surface area contributed by atoms with E-state index in [1.807, 2.05) is 18.2 Å². The summed E-state index contributed by atoms with van der Waals surface area (Å²) < 4.78 is 16.1. The summed E-state index contributed by atoms with van der Waals surface area (Å²) in [4.78, 5) is 20.6. The van der Waals surface area contributed by atoms with Crippen LogP contribution in [0.4, 0.5) is 10.2 Å². The van der Waals surface area contributed by atoms with Crippen LogP contribution < -0.4 is 5.32 Å². The van der Waals surface area contributed by atoms with E-state index in [1.165, 1.54) is 10.7 Å². The Kier molecular flexibility index (Phi) is 4.63. The third-order valence-electron chi connectivity index (χ3n) is 4.04. The molecule has 0 aliphatic carbocycles. The van der Waals surface area contributed by atoms with Gasteiger partial charge in [-0.3, -0.25) is 24.1 Å². The Hall–Kier alpha value is -3.88. The monoisotopic (exact) mass is 377 g/mol. The van der Waals surface area contributed by atoms with Crippen LogP contribution in [0, 0.1) is 5.82 Å². The molecule has 9 heteroatoms. The quantitative estimate of drug-likeness (QED) is 0.577. The molecule has 1 amide bonds. The lowest BCUT2D eigenvalue weighted by Gasteiger charge is -2.05. The maximum atomic E-state index is 13.0. The lowest BCUT2D eigenvalue weighted by Crippen LogP contribution is -2.20. The van der Waals surface area contributed by atoms with Crippen LogP contribution in [-0.4, -0.2) is 35.4 Å². The molecular formula is C19H16FN7O. The van der Waals surface area contributed by atoms with Crippen LogP contribution in [0.25, 0.3) is 22.6 Å². The molecule has 0 radical (unpaired) electrons. The van der Waals surface area contributed by atoms with E-state index >= 15 is 0 Å². The molecule has 0 bridgehead atoms. The number of carbonyl (C=O) groups excluding carboxylic acids is 1. The highest BCUT2D eigenvalue weighted by Crippen LogP contribution is 2.19. The zero-order valence-corrected chi connectivity index (χ0v) is 15.0. The zero-order chi connectivity index (χ0) is 19.5. The van der Waals surface area contributed by atoms with Gasteiger partial charge in [0.05, 0.1) is 23.8 Å². The van der Waals surface area contributed by atoms with Gasteiger partial charge in [-0.25, -0.2) is 4.39 Å². The van der Waals surface area contributed by atoms with E-state index in [-0.39, 0.29) is 12.5 Å². The summed E-state index contributed by atoms with van der Waals surface area (Å²) in [5.74, 6) is -0.104. The fourth-order valence-electron chi connectivity index (χ4n) is 2.68. The number of nitrogens with one attached hydrogen (secondary N) is 1. The van der Waals surface area contributed by atoms with Gasteiger partial charge >= 0.3 is 0 Å². The summed E-state index contributed by atoms with van der Waals surface area (Å²) in [6.45, 7) is 0.0191. The molecule has 0 spiro atoms. The number of hydrogen-bond acceptors (Lipinski definition) is 5. The van der Waals surface area contributed by atoms with Gasteiger partial charge in [0.15, 0.2) is 0 Å². The van der Waals surface area contributed by atoms with Gasteiger partial charge in [0, 0.05) is 31.1 Å². The Bertz CT molecular complexity index is 1100. The lowest BCUT2D eigenvalue weighted by molar-refractivity contribution is -0.116. The number of pyridine rings is 2. The summed E-state index contributed by atoms with van der Waals surface area (Å²) in [5, 5.41) is 11.3. The molecule has 4 aromatic heterocycles. The van der Waals surface area contributed by atoms with Gasteiger partial charge in [-0.15, -0.1) is 0 Å². The lowest BCUT2D eigenvalue weighted by atomic mass is 10.2. The normalized spacial score (nSPS) is 10.8. The topological polar surface area (TPSA) is 90.5 Å². The van der Waals surface area contributed by atoms with E-state index < -0.39 is 5.82 Å². The summed E-state index contributed by atoms with van der Waals surface area (Å²) in [6, 6.07) is 10.2. The van der Waals surface area contributed by atoms with E-state index in [9.17, 15) is 9.18 Å². The molecule has 0 saturated heterocycles. The molecule has 0 fully saturated rings. The van der Waals surface area contributed by atoms with Crippen molar-refractivity contribution in [1.82, 2.24) is 29.5 Å². The second-order valence-electron chi connectivity index (χ2n) is 6.09. The fraction of sp³-hybridized carbons (Fsp3) is 0.105. The summed E-state index contributed by atoms with van der Waals surface area (Å²) in [7, 11) is 1.74. The summed E-state index contributed by atoms with van der Waals surface area (Å²) in [6.07, 6.45) is 6.09. The van der Waals surface area contributed by atoms with Gasteiger partial charge in [0.2, 0.25) is 5.91 Å². The maximum Gasteiger partial charge on any atom is 0.247 e. The van der Waals surface area contributed by atoms with Crippen LogP contribution in [0.5, 0.6) is 0 Å². The number of carbonyl (C=O) groups is 1. The van der Waals surface area contributed by atoms with Crippen molar-refractivity contribution < 1.29 is 9.18 Å². The molecule has 1 N–H and O–H groups in total. The minimum atomic E-state index is -0.406. The Labute approximate surface area is 159 Å². The number of halogens is 1. The molecule has 0 unspecified atom stereocenters. The van der Waals surface area contributed by atoms with Crippen LogP contribution in [0.2, 0.25) is 0 Å². The summed E-state index contributed by atoms with van der Waals surface area (Å²) >= 11 is 0. The number of aromatic nitrogens is 6. The molecule has 140 valence electrons. The molecule has 0 aliphatic heterocycles. The fourth-order valence-corrected chi connectivity index (χ4v) is 2.68. The summed E-state index contributed by atoms with van der Waals surface area (Å²) in [5.41, 5.74) is 2.68. The number of amides is 1. The van der Waals surface area contributed by atoms with Gasteiger partial charge < -0.3 is 5.32 Å². The first-order valence-electron chi connectivity index (χ1n) is 8.48. The molecular weight excluding hydrogens is 361 g/mol. The van der Waals surface area contributed by atoms with Crippen molar-refractivity contribution in [2.45, 2.75) is 6.54 Å². The van der Waals surface area contributed by atoms with E-state index in [0.29, 0.717) is 22.8 Å². The van der Waals surface area contributed by atoms with Crippen molar-refractivity contribution in [3.8, 4) is 22.6 Å². The van der Waals surface area contributed by atoms with E-state index in [4.69, 9.17) is 0 Å². The van der Waals surface area contributed by atoms with Gasteiger partial charge in [-0.05, 0) is 24.3 Å². The van der Waals surface area contributed by atoms with Crippen LogP contribution in [0.15, 0.2) is 61.2 Å². The minimum absolute atomic E-state index is 0.0191. The third-order valence-corrected chi connectivity index (χ3v) is 4.04. The predicted molar refractivity (Wildman–Crippen MR) is 100 cm³/mol. The number of anilines is 1. The second kappa shape index (κ2) is 7.39. The first kappa shape index (κ1) is 17.5. The smallest absolute Gasteiger partial charge is 0.247 e. The molecule has 28 heavy (non-hydrogen) atoms. The molecule has 4 rings (SSSR count). The number of rotatable bonds is 5. The maximum absolute atomic E-state index is 13.0. The van der Waals surface area contributed by atoms with Crippen molar-refractivity contribution >= 4 is 11.7 Å². The first-order valence-corrected chi connectivity index (χ1v) is 8.48. The SMILES string of the molecule is Cn1nc(-c2ccccn2)cc1NC(=O)Cn1cc(-c2ccc(F)cn2)cn1. The van der Waals surface area contributed by atoms with Gasteiger partial charge in [0.25, 0.3) is 0 Å². The number of nitrogens with zero attached hydrogens (tertiary/aromatic N) is 6. The van der Waals surface area contributed by atoms with Crippen LogP contribution in [-0.2, 0) is 18.4 Å². The van der Waals surface area contributed by atoms with E-state index in [0.717, 1.165) is 11.9 Å². The van der Waals surface area contributed by atoms with Crippen LogP contribution in [0.1, 0.15) is 0 Å². The molecule has 4 aromatic rings. The van der Waals surface area contributed by atoms with Crippen molar-refractivity contribution in [2.24, 2.45) is 7.05 Å². The van der Waals surface area contributed by atoms with Crippen molar-refractivity contribution in [3.05, 3.63) is 67.0 Å². The largest absolute Gasteiger partial charge is 0.309 e. The third kappa shape index (κ3) is 3.78. The van der Waals surface area contributed by atoms with Gasteiger partial charge in [-0.2, -0.15) is 10.2 Å². The molecule has 8 nitrogen and oxygen atoms in total. The first-order chi connectivity index (χ1) is 13.6. The zero-order valence-electron chi connectivity index (χ0n) is 15.0. The Balaban J connectivity index is 1.44. The standard InChI is InChI=1S/C19H16FN7O/c1-26-18(8-17(25-26)16-4-2-3-7-21-16)24-19(28)12-27-11-13(9-23-27)15-6-5-14(20)10-22-15/h2-11H,12H2,1H3,(H,24,28). The second-order valence-corrected chi connectivity index (χ2v) is 6.09. The molecule has 0 saturated carbocycles. The highest BCUT2D eigenvalue weighted by atomic mass is 19.1. The average Bonchev–Trinajstić information content (AvgIpc) is 3.30. The highest BCUT2D eigenvalue weighted by molar-refractivity contribution is 5.90. The van der Waals surface area contributed by atoms with E-state index in [2.05, 4.69) is 25.5 Å². The molecule has 0 aliphatic rings. The Morgan fingerprint density at radius 2 is 2.00 bits per heavy atom. The van der Waals surface area contributed by atoms with E-state index in [1.54, 1.807) is 42.5 Å². The van der Waals surface area contributed by atoms with Crippen LogP contribution >= 0.6 is 0 Å². The minimum Gasteiger partial charge on any atom is -0.309 e. The Morgan fingerprint density at radius 3 is 2.75 bits per heavy atom. The van der Waals surface area contributed by atoms with Gasteiger partial charge in [-0.1, -0.05) is 6.07 Å². The molecule has 0 aromatic carbocycles. The van der Waals surface area contributed by atoms with Gasteiger partial charge in [0.1, 0.15) is 23.9 Å². The molecule has 4 heterocycles.